The van der Waals surface area contributed by atoms with Crippen molar-refractivity contribution >= 4 is 34.7 Å². The number of halogens is 1. The summed E-state index contributed by atoms with van der Waals surface area (Å²) >= 11 is 7.78. The van der Waals surface area contributed by atoms with E-state index in [1.807, 2.05) is 37.0 Å². The summed E-state index contributed by atoms with van der Waals surface area (Å²) in [5, 5.41) is 0.724. The molecule has 0 aromatic heterocycles. The van der Waals surface area contributed by atoms with Crippen LogP contribution in [0.1, 0.15) is 6.92 Å². The first-order valence-corrected chi connectivity index (χ1v) is 6.60. The van der Waals surface area contributed by atoms with Gasteiger partial charge in [-0.25, -0.2) is 0 Å². The fourth-order valence-electron chi connectivity index (χ4n) is 1.41. The van der Waals surface area contributed by atoms with Gasteiger partial charge in [0.15, 0.2) is 0 Å². The van der Waals surface area contributed by atoms with E-state index in [1.165, 1.54) is 0 Å². The molecule has 0 aliphatic rings. The maximum absolute atomic E-state index is 5.96. The lowest BCUT2D eigenvalue weighted by atomic mass is 10.2. The topological polar surface area (TPSA) is 29.3 Å². The van der Waals surface area contributed by atoms with E-state index < -0.39 is 0 Å². The summed E-state index contributed by atoms with van der Waals surface area (Å²) in [5.74, 6) is 1.07. The Morgan fingerprint density at radius 3 is 2.80 bits per heavy atom. The number of nitrogens with zero attached hydrogens (tertiary/aromatic N) is 1. The average Bonchev–Trinajstić information content (AvgIpc) is 2.21. The van der Waals surface area contributed by atoms with Crippen LogP contribution in [0.25, 0.3) is 0 Å². The second-order valence-electron chi connectivity index (χ2n) is 3.62. The summed E-state index contributed by atoms with van der Waals surface area (Å²) < 4.78 is 0. The van der Waals surface area contributed by atoms with Crippen LogP contribution in [0.3, 0.4) is 0 Å². The second kappa shape index (κ2) is 5.52. The average molecular weight is 245 g/mol. The predicted octanol–water partition coefficient (Wildman–Crippen LogP) is 3.11. The maximum Gasteiger partial charge on any atom is 0.0614 e. The molecular formula is C11H17ClN2S. The molecule has 0 heterocycles. The van der Waals surface area contributed by atoms with Gasteiger partial charge < -0.3 is 10.6 Å². The van der Waals surface area contributed by atoms with Gasteiger partial charge in [-0.3, -0.25) is 0 Å². The second-order valence-corrected chi connectivity index (χ2v) is 4.97. The third-order valence-electron chi connectivity index (χ3n) is 2.44. The highest BCUT2D eigenvalue weighted by Gasteiger charge is 2.12. The van der Waals surface area contributed by atoms with Gasteiger partial charge in [-0.1, -0.05) is 11.6 Å². The first-order valence-electron chi connectivity index (χ1n) is 4.83. The molecule has 0 saturated carbocycles. The van der Waals surface area contributed by atoms with Crippen molar-refractivity contribution < 1.29 is 0 Å². The number of benzene rings is 1. The maximum atomic E-state index is 5.96. The van der Waals surface area contributed by atoms with E-state index in [4.69, 9.17) is 17.3 Å². The zero-order valence-corrected chi connectivity index (χ0v) is 10.9. The van der Waals surface area contributed by atoms with Crippen LogP contribution >= 0.6 is 23.4 Å². The number of thioether (sulfide) groups is 1. The molecule has 1 aromatic rings. The van der Waals surface area contributed by atoms with Gasteiger partial charge in [-0.2, -0.15) is 11.8 Å². The first-order chi connectivity index (χ1) is 7.06. The monoisotopic (exact) mass is 244 g/mol. The van der Waals surface area contributed by atoms with Gasteiger partial charge in [0.1, 0.15) is 0 Å². The molecule has 1 aromatic carbocycles. The van der Waals surface area contributed by atoms with Gasteiger partial charge in [-0.15, -0.1) is 0 Å². The van der Waals surface area contributed by atoms with Gasteiger partial charge in [0.2, 0.25) is 0 Å². The van der Waals surface area contributed by atoms with E-state index >= 15 is 0 Å². The molecule has 0 aliphatic carbocycles. The number of nitrogen functional groups attached to an aromatic ring is 1. The third-order valence-corrected chi connectivity index (χ3v) is 3.49. The van der Waals surface area contributed by atoms with Crippen molar-refractivity contribution in [1.29, 1.82) is 0 Å². The van der Waals surface area contributed by atoms with Crippen LogP contribution in [0, 0.1) is 0 Å². The molecule has 0 spiro atoms. The summed E-state index contributed by atoms with van der Waals surface area (Å²) in [5.41, 5.74) is 7.69. The lowest BCUT2D eigenvalue weighted by molar-refractivity contribution is 0.766. The van der Waals surface area contributed by atoms with Crippen LogP contribution in [-0.4, -0.2) is 25.1 Å². The molecule has 2 nitrogen and oxygen atoms in total. The minimum Gasteiger partial charge on any atom is -0.397 e. The molecule has 4 heteroatoms. The SMILES string of the molecule is CSCC(C)N(C)c1cc(Cl)ccc1N. The fraction of sp³-hybridized carbons (Fsp3) is 0.455. The van der Waals surface area contributed by atoms with Crippen molar-refractivity contribution in [3.63, 3.8) is 0 Å². The largest absolute Gasteiger partial charge is 0.397 e. The number of hydrogen-bond donors (Lipinski definition) is 1. The van der Waals surface area contributed by atoms with Crippen molar-refractivity contribution in [2.24, 2.45) is 0 Å². The quantitative estimate of drug-likeness (QED) is 0.826. The van der Waals surface area contributed by atoms with Gasteiger partial charge in [0.25, 0.3) is 0 Å². The Hall–Kier alpha value is -0.540. The Morgan fingerprint density at radius 2 is 2.20 bits per heavy atom. The predicted molar refractivity (Wildman–Crippen MR) is 72.1 cm³/mol. The standard InChI is InChI=1S/C11H17ClN2S/c1-8(7-15-3)14(2)11-6-9(12)4-5-10(11)13/h4-6,8H,7,13H2,1-3H3. The molecule has 0 radical (unpaired) electrons. The lowest BCUT2D eigenvalue weighted by Crippen LogP contribution is -2.31. The molecule has 0 fully saturated rings. The Kier molecular flexibility index (Phi) is 4.61. The van der Waals surface area contributed by atoms with Crippen molar-refractivity contribution in [1.82, 2.24) is 0 Å². The minimum atomic E-state index is 0.445. The summed E-state index contributed by atoms with van der Waals surface area (Å²) in [6.07, 6.45) is 2.10. The summed E-state index contributed by atoms with van der Waals surface area (Å²) in [7, 11) is 2.04. The van der Waals surface area contributed by atoms with E-state index in [9.17, 15) is 0 Å². The van der Waals surface area contributed by atoms with E-state index in [2.05, 4.69) is 18.1 Å². The number of anilines is 2. The van der Waals surface area contributed by atoms with Crippen LogP contribution in [0.4, 0.5) is 11.4 Å². The zero-order valence-electron chi connectivity index (χ0n) is 9.33. The molecule has 1 rings (SSSR count). The normalized spacial score (nSPS) is 12.5. The van der Waals surface area contributed by atoms with Crippen LogP contribution in [0.15, 0.2) is 18.2 Å². The molecule has 0 saturated heterocycles. The van der Waals surface area contributed by atoms with Crippen LogP contribution in [-0.2, 0) is 0 Å². The van der Waals surface area contributed by atoms with Crippen molar-refractivity contribution in [2.45, 2.75) is 13.0 Å². The van der Waals surface area contributed by atoms with E-state index in [0.717, 1.165) is 22.2 Å². The number of hydrogen-bond acceptors (Lipinski definition) is 3. The summed E-state index contributed by atoms with van der Waals surface area (Å²) in [4.78, 5) is 2.16. The highest BCUT2D eigenvalue weighted by Crippen LogP contribution is 2.27. The molecule has 1 atom stereocenters. The van der Waals surface area contributed by atoms with E-state index in [0.29, 0.717) is 6.04 Å². The number of rotatable bonds is 4. The summed E-state index contributed by atoms with van der Waals surface area (Å²) in [6, 6.07) is 6.02. The van der Waals surface area contributed by atoms with Crippen molar-refractivity contribution in [2.75, 3.05) is 29.7 Å². The van der Waals surface area contributed by atoms with Crippen LogP contribution in [0.2, 0.25) is 5.02 Å². The Balaban J connectivity index is 2.89. The summed E-state index contributed by atoms with van der Waals surface area (Å²) in [6.45, 7) is 2.18. The van der Waals surface area contributed by atoms with Crippen molar-refractivity contribution in [3.8, 4) is 0 Å². The molecule has 15 heavy (non-hydrogen) atoms. The highest BCUT2D eigenvalue weighted by atomic mass is 35.5. The smallest absolute Gasteiger partial charge is 0.0614 e. The van der Waals surface area contributed by atoms with E-state index in [1.54, 1.807) is 0 Å². The molecule has 0 amide bonds. The van der Waals surface area contributed by atoms with Gasteiger partial charge in [0, 0.05) is 23.9 Å². The molecule has 0 bridgehead atoms. The van der Waals surface area contributed by atoms with Gasteiger partial charge in [0.05, 0.1) is 11.4 Å². The van der Waals surface area contributed by atoms with Crippen LogP contribution in [0.5, 0.6) is 0 Å². The Morgan fingerprint density at radius 1 is 1.53 bits per heavy atom. The van der Waals surface area contributed by atoms with E-state index in [-0.39, 0.29) is 0 Å². The zero-order chi connectivity index (χ0) is 11.4. The molecular weight excluding hydrogens is 228 g/mol. The van der Waals surface area contributed by atoms with Crippen molar-refractivity contribution in [3.05, 3.63) is 23.2 Å². The first kappa shape index (κ1) is 12.5. The van der Waals surface area contributed by atoms with Crippen LogP contribution < -0.4 is 10.6 Å². The minimum absolute atomic E-state index is 0.445. The molecule has 84 valence electrons. The third kappa shape index (κ3) is 3.21. The Labute approximate surface area is 101 Å². The Bertz CT molecular complexity index is 330. The molecule has 0 aliphatic heterocycles. The van der Waals surface area contributed by atoms with Gasteiger partial charge in [-0.05, 0) is 31.4 Å². The molecule has 2 N–H and O–H groups in total. The molecule has 1 unspecified atom stereocenters. The number of nitrogens with two attached hydrogens (primary N) is 1. The van der Waals surface area contributed by atoms with Gasteiger partial charge >= 0.3 is 0 Å². The lowest BCUT2D eigenvalue weighted by Gasteiger charge is -2.27. The highest BCUT2D eigenvalue weighted by molar-refractivity contribution is 7.98. The fourth-order valence-corrected chi connectivity index (χ4v) is 2.29.